The SMILES string of the molecule is [CH2-]COC([CH2-])c1cc(-c2cc(NC(=O)c3ccnc(C(F)(F)CC)c3)cnc2C)cc(N2CCOCC2)n1.[U+2]. The number of carbonyl (C=O) groups excluding carboxylic acids is 1. The van der Waals surface area contributed by atoms with E-state index in [4.69, 9.17) is 14.5 Å². The van der Waals surface area contributed by atoms with E-state index in [1.54, 1.807) is 6.07 Å². The summed E-state index contributed by atoms with van der Waals surface area (Å²) in [5.74, 6) is -2.89. The quantitative estimate of drug-likeness (QED) is 0.302. The van der Waals surface area contributed by atoms with Gasteiger partial charge in [0, 0.05) is 48.2 Å². The van der Waals surface area contributed by atoms with E-state index >= 15 is 0 Å². The molecule has 1 atom stereocenters. The number of halogens is 2. The average molecular weight is 762 g/mol. The number of ether oxygens (including phenoxy) is 2. The van der Waals surface area contributed by atoms with Crippen molar-refractivity contribution < 1.29 is 54.2 Å². The van der Waals surface area contributed by atoms with E-state index in [0.717, 1.165) is 28.7 Å². The molecule has 1 N–H and O–H groups in total. The van der Waals surface area contributed by atoms with Crippen molar-refractivity contribution in [2.45, 2.75) is 32.3 Å². The zero-order chi connectivity index (χ0) is 27.3. The molecule has 1 aliphatic heterocycles. The number of hydrogen-bond acceptors (Lipinski definition) is 7. The number of aromatic nitrogens is 3. The maximum atomic E-state index is 14.1. The first-order valence-corrected chi connectivity index (χ1v) is 12.4. The molecule has 3 aromatic rings. The van der Waals surface area contributed by atoms with E-state index in [1.807, 2.05) is 19.1 Å². The van der Waals surface area contributed by atoms with Crippen molar-refractivity contribution in [3.63, 3.8) is 0 Å². The fraction of sp³-hybridized carbons (Fsp3) is 0.357. The summed E-state index contributed by atoms with van der Waals surface area (Å²) in [5.41, 5.74) is 3.04. The van der Waals surface area contributed by atoms with Gasteiger partial charge in [-0.3, -0.25) is 14.8 Å². The molecular formula is C28H31F2N5O3U. The van der Waals surface area contributed by atoms with Crippen molar-refractivity contribution >= 4 is 17.4 Å². The molecule has 1 unspecified atom stereocenters. The van der Waals surface area contributed by atoms with Crippen molar-refractivity contribution in [1.82, 2.24) is 15.0 Å². The van der Waals surface area contributed by atoms with E-state index in [1.165, 1.54) is 25.4 Å². The number of anilines is 2. The molecule has 0 radical (unpaired) electrons. The molecule has 11 heteroatoms. The summed E-state index contributed by atoms with van der Waals surface area (Å²) in [7, 11) is 0. The van der Waals surface area contributed by atoms with Gasteiger partial charge < -0.3 is 33.5 Å². The van der Waals surface area contributed by atoms with Gasteiger partial charge in [0.15, 0.2) is 0 Å². The smallest absolute Gasteiger partial charge is 0.436 e. The molecule has 8 nitrogen and oxygen atoms in total. The van der Waals surface area contributed by atoms with Crippen LogP contribution in [0.3, 0.4) is 0 Å². The van der Waals surface area contributed by atoms with Crippen LogP contribution in [0, 0.1) is 51.9 Å². The van der Waals surface area contributed by atoms with Gasteiger partial charge in [0.1, 0.15) is 11.5 Å². The van der Waals surface area contributed by atoms with Gasteiger partial charge in [0.05, 0.1) is 25.1 Å². The number of pyridine rings is 3. The first-order chi connectivity index (χ1) is 18.2. The number of alkyl halides is 2. The molecule has 1 fully saturated rings. The van der Waals surface area contributed by atoms with Gasteiger partial charge >= 0.3 is 31.1 Å². The Morgan fingerprint density at radius 1 is 1.23 bits per heavy atom. The molecule has 4 rings (SSSR count). The van der Waals surface area contributed by atoms with Gasteiger partial charge in [0.25, 0.3) is 11.8 Å². The summed E-state index contributed by atoms with van der Waals surface area (Å²) in [6.07, 6.45) is 1.80. The van der Waals surface area contributed by atoms with E-state index < -0.39 is 30.0 Å². The van der Waals surface area contributed by atoms with Gasteiger partial charge in [-0.05, 0) is 48.9 Å². The van der Waals surface area contributed by atoms with Crippen LogP contribution in [0.15, 0.2) is 42.7 Å². The van der Waals surface area contributed by atoms with Gasteiger partial charge in [-0.15, -0.1) is 0 Å². The number of carbonyl (C=O) groups is 1. The normalized spacial score (nSPS) is 14.5. The molecule has 1 amide bonds. The van der Waals surface area contributed by atoms with Crippen LogP contribution in [0.5, 0.6) is 0 Å². The Hall–Kier alpha value is -2.45. The average Bonchev–Trinajstić information content (AvgIpc) is 2.94. The molecule has 1 aliphatic rings. The fourth-order valence-electron chi connectivity index (χ4n) is 4.09. The zero-order valence-electron chi connectivity index (χ0n) is 22.0. The van der Waals surface area contributed by atoms with Crippen LogP contribution in [0.1, 0.15) is 46.9 Å². The summed E-state index contributed by atoms with van der Waals surface area (Å²) < 4.78 is 39.3. The van der Waals surface area contributed by atoms with Crippen LogP contribution < -0.4 is 10.2 Å². The molecule has 39 heavy (non-hydrogen) atoms. The van der Waals surface area contributed by atoms with Crippen LogP contribution in [0.2, 0.25) is 0 Å². The van der Waals surface area contributed by atoms with Crippen LogP contribution in [0.4, 0.5) is 20.3 Å². The Labute approximate surface area is 251 Å². The maximum Gasteiger partial charge on any atom is 2.00 e. The summed E-state index contributed by atoms with van der Waals surface area (Å²) in [6.45, 7) is 13.9. The summed E-state index contributed by atoms with van der Waals surface area (Å²) in [4.78, 5) is 28.0. The predicted octanol–water partition coefficient (Wildman–Crippen LogP) is 5.16. The molecule has 0 saturated carbocycles. The van der Waals surface area contributed by atoms with Crippen molar-refractivity contribution in [3.8, 4) is 11.1 Å². The molecule has 0 aliphatic carbocycles. The Kier molecular flexibility index (Phi) is 11.0. The van der Waals surface area contributed by atoms with E-state index in [-0.39, 0.29) is 43.3 Å². The van der Waals surface area contributed by atoms with Crippen molar-refractivity contribution in [1.29, 1.82) is 0 Å². The Morgan fingerprint density at radius 3 is 2.67 bits per heavy atom. The third-order valence-corrected chi connectivity index (χ3v) is 6.31. The van der Waals surface area contributed by atoms with Crippen molar-refractivity contribution in [2.24, 2.45) is 0 Å². The van der Waals surface area contributed by atoms with Crippen molar-refractivity contribution in [2.75, 3.05) is 43.1 Å². The predicted molar refractivity (Wildman–Crippen MR) is 141 cm³/mol. The second kappa shape index (κ2) is 13.8. The Bertz CT molecular complexity index is 1290. The van der Waals surface area contributed by atoms with Crippen LogP contribution >= 0.6 is 0 Å². The maximum absolute atomic E-state index is 14.1. The number of nitrogens with zero attached hydrogens (tertiary/aromatic N) is 4. The second-order valence-corrected chi connectivity index (χ2v) is 8.90. The molecule has 3 aromatic heterocycles. The third-order valence-electron chi connectivity index (χ3n) is 6.31. The first-order valence-electron chi connectivity index (χ1n) is 12.4. The fourth-order valence-corrected chi connectivity index (χ4v) is 4.09. The summed E-state index contributed by atoms with van der Waals surface area (Å²) in [6, 6.07) is 8.15. The largest absolute Gasteiger partial charge is 2.00 e. The standard InChI is InChI=1S/C28H31F2N5O3.U/c1-5-28(29,30)25-14-20(7-8-31-25)27(36)33-22-16-23(18(3)32-17-22)21-13-24(19(4)38-6-2)34-26(15-21)35-9-11-37-12-10-35;/h7-8,13-17,19H,2,4-6,9-12H2,1,3H3,(H,33,36);/q-2;+2. The van der Waals surface area contributed by atoms with E-state index in [0.29, 0.717) is 37.7 Å². The van der Waals surface area contributed by atoms with Crippen molar-refractivity contribution in [3.05, 3.63) is 79.2 Å². The van der Waals surface area contributed by atoms with E-state index in [2.05, 4.69) is 34.0 Å². The molecular weight excluding hydrogens is 730 g/mol. The molecule has 0 bridgehead atoms. The topological polar surface area (TPSA) is 89.5 Å². The number of hydrogen-bond donors (Lipinski definition) is 1. The third kappa shape index (κ3) is 7.60. The monoisotopic (exact) mass is 761 g/mol. The minimum absolute atomic E-state index is 0. The number of aryl methyl sites for hydroxylation is 1. The second-order valence-electron chi connectivity index (χ2n) is 8.90. The zero-order valence-corrected chi connectivity index (χ0v) is 26.2. The minimum Gasteiger partial charge on any atom is -0.436 e. The van der Waals surface area contributed by atoms with Crippen LogP contribution in [-0.2, 0) is 15.4 Å². The molecule has 1 saturated heterocycles. The number of morpholine rings is 1. The molecule has 0 spiro atoms. The van der Waals surface area contributed by atoms with Crippen LogP contribution in [0.25, 0.3) is 11.1 Å². The molecule has 4 heterocycles. The van der Waals surface area contributed by atoms with Gasteiger partial charge in [-0.1, -0.05) is 13.5 Å². The van der Waals surface area contributed by atoms with Crippen LogP contribution in [-0.4, -0.2) is 53.8 Å². The number of rotatable bonds is 9. The molecule has 0 aromatic carbocycles. The molecule has 204 valence electrons. The Balaban J connectivity index is 0.00000420. The number of amides is 1. The van der Waals surface area contributed by atoms with Gasteiger partial charge in [-0.2, -0.15) is 8.78 Å². The Morgan fingerprint density at radius 2 is 1.97 bits per heavy atom. The van der Waals surface area contributed by atoms with Gasteiger partial charge in [0.2, 0.25) is 0 Å². The minimum atomic E-state index is -3.12. The van der Waals surface area contributed by atoms with Gasteiger partial charge in [-0.25, -0.2) is 4.98 Å². The summed E-state index contributed by atoms with van der Waals surface area (Å²) in [5, 5.41) is 2.77. The summed E-state index contributed by atoms with van der Waals surface area (Å²) >= 11 is 0. The first kappa shape index (κ1) is 31.1. The number of nitrogens with one attached hydrogen (secondary N) is 1. The van der Waals surface area contributed by atoms with E-state index in [9.17, 15) is 13.6 Å².